The number of carbonyl (C=O) groups is 1. The van der Waals surface area contributed by atoms with Crippen molar-refractivity contribution in [2.45, 2.75) is 31.3 Å². The van der Waals surface area contributed by atoms with Crippen LogP contribution in [0.5, 0.6) is 0 Å². The molecule has 0 saturated heterocycles. The number of ether oxygens (including phenoxy) is 1. The molecule has 0 bridgehead atoms. The first-order valence-electron chi connectivity index (χ1n) is 6.35. The maximum atomic E-state index is 12.5. The number of hydrogen-bond donors (Lipinski definition) is 1. The lowest BCUT2D eigenvalue weighted by Gasteiger charge is -2.40. The summed E-state index contributed by atoms with van der Waals surface area (Å²) < 4.78 is 5.51. The van der Waals surface area contributed by atoms with Crippen LogP contribution in [0.2, 0.25) is 5.02 Å². The Bertz CT molecular complexity index is 626. The molecule has 0 amide bonds. The summed E-state index contributed by atoms with van der Waals surface area (Å²) >= 11 is 6.16. The van der Waals surface area contributed by atoms with Crippen LogP contribution in [-0.2, 0) is 4.74 Å². The van der Waals surface area contributed by atoms with Gasteiger partial charge in [-0.15, -0.1) is 0 Å². The Hall–Kier alpha value is -1.39. The average molecular weight is 279 g/mol. The van der Waals surface area contributed by atoms with Crippen molar-refractivity contribution in [1.29, 1.82) is 0 Å². The molecule has 4 nitrogen and oxygen atoms in total. The topological polar surface area (TPSA) is 55.0 Å². The molecule has 2 heterocycles. The van der Waals surface area contributed by atoms with Crippen LogP contribution in [0, 0.1) is 0 Å². The third-order valence-electron chi connectivity index (χ3n) is 4.00. The minimum atomic E-state index is -0.268. The predicted molar refractivity (Wildman–Crippen MR) is 73.6 cm³/mol. The van der Waals surface area contributed by atoms with Gasteiger partial charge in [0.1, 0.15) is 5.65 Å². The highest BCUT2D eigenvalue weighted by Gasteiger charge is 2.39. The van der Waals surface area contributed by atoms with Crippen molar-refractivity contribution in [2.24, 2.45) is 0 Å². The lowest BCUT2D eigenvalue weighted by Crippen LogP contribution is -2.41. The Morgan fingerprint density at radius 2 is 2.37 bits per heavy atom. The monoisotopic (exact) mass is 278 g/mol. The summed E-state index contributed by atoms with van der Waals surface area (Å²) in [5, 5.41) is 1.26. The van der Waals surface area contributed by atoms with Gasteiger partial charge in [-0.25, -0.2) is 4.98 Å². The first-order valence-corrected chi connectivity index (χ1v) is 6.73. The van der Waals surface area contributed by atoms with E-state index in [1.807, 2.05) is 0 Å². The molecule has 0 aromatic carbocycles. The molecule has 100 valence electrons. The number of rotatable bonds is 4. The number of aromatic nitrogens is 2. The van der Waals surface area contributed by atoms with E-state index in [0.29, 0.717) is 28.0 Å². The van der Waals surface area contributed by atoms with E-state index in [0.717, 1.165) is 19.3 Å². The van der Waals surface area contributed by atoms with Crippen LogP contribution >= 0.6 is 11.6 Å². The first-order chi connectivity index (χ1) is 9.15. The molecule has 2 aromatic heterocycles. The number of halogens is 1. The smallest absolute Gasteiger partial charge is 0.168 e. The molecule has 1 saturated carbocycles. The summed E-state index contributed by atoms with van der Waals surface area (Å²) in [6, 6.07) is 1.70. The Kier molecular flexibility index (Phi) is 3.07. The molecule has 1 aliphatic rings. The van der Waals surface area contributed by atoms with Crippen LogP contribution in [0.15, 0.2) is 18.5 Å². The van der Waals surface area contributed by atoms with E-state index >= 15 is 0 Å². The van der Waals surface area contributed by atoms with E-state index in [2.05, 4.69) is 9.97 Å². The van der Waals surface area contributed by atoms with Crippen LogP contribution in [0.4, 0.5) is 0 Å². The quantitative estimate of drug-likeness (QED) is 0.873. The summed E-state index contributed by atoms with van der Waals surface area (Å²) in [6.07, 6.45) is 6.73. The van der Waals surface area contributed by atoms with Crippen molar-refractivity contribution in [3.05, 3.63) is 29.0 Å². The van der Waals surface area contributed by atoms with Crippen molar-refractivity contribution in [1.82, 2.24) is 9.97 Å². The van der Waals surface area contributed by atoms with Crippen LogP contribution in [0.1, 0.15) is 36.0 Å². The number of carbonyl (C=O) groups excluding carboxylic acids is 1. The SMILES string of the molecule is COC1(CC(=O)c2c[nH]c3nccc(Cl)c23)CCC1. The van der Waals surface area contributed by atoms with Crippen LogP contribution in [0.3, 0.4) is 0 Å². The van der Waals surface area contributed by atoms with Crippen LogP contribution in [0.25, 0.3) is 11.0 Å². The van der Waals surface area contributed by atoms with E-state index in [1.165, 1.54) is 0 Å². The van der Waals surface area contributed by atoms with Crippen molar-refractivity contribution < 1.29 is 9.53 Å². The predicted octanol–water partition coefficient (Wildman–Crippen LogP) is 3.36. The van der Waals surface area contributed by atoms with Crippen molar-refractivity contribution in [2.75, 3.05) is 7.11 Å². The van der Waals surface area contributed by atoms with Gasteiger partial charge in [-0.05, 0) is 25.3 Å². The zero-order valence-corrected chi connectivity index (χ0v) is 11.5. The van der Waals surface area contributed by atoms with Gasteiger partial charge in [0, 0.05) is 36.9 Å². The second kappa shape index (κ2) is 4.62. The van der Waals surface area contributed by atoms with E-state index < -0.39 is 0 Å². The molecule has 0 atom stereocenters. The Morgan fingerprint density at radius 1 is 1.58 bits per heavy atom. The molecule has 1 fully saturated rings. The average Bonchev–Trinajstić information content (AvgIpc) is 2.79. The number of H-pyrrole nitrogens is 1. The standard InChI is InChI=1S/C14H15ClN2O2/c1-19-14(4-2-5-14)7-11(18)9-8-17-13-12(9)10(15)3-6-16-13/h3,6,8H,2,4-5,7H2,1H3,(H,16,17). The third kappa shape index (κ3) is 2.05. The summed E-state index contributed by atoms with van der Waals surface area (Å²) in [5.74, 6) is 0.0581. The summed E-state index contributed by atoms with van der Waals surface area (Å²) in [7, 11) is 1.68. The molecular formula is C14H15ClN2O2. The number of nitrogens with one attached hydrogen (secondary N) is 1. The van der Waals surface area contributed by atoms with E-state index in [9.17, 15) is 4.79 Å². The molecule has 1 aliphatic carbocycles. The van der Waals surface area contributed by atoms with E-state index in [1.54, 1.807) is 25.6 Å². The van der Waals surface area contributed by atoms with Gasteiger partial charge in [-0.2, -0.15) is 0 Å². The molecule has 0 radical (unpaired) electrons. The highest BCUT2D eigenvalue weighted by molar-refractivity contribution is 6.36. The number of methoxy groups -OCH3 is 1. The summed E-state index contributed by atoms with van der Waals surface area (Å²) in [5.41, 5.74) is 0.988. The zero-order valence-electron chi connectivity index (χ0n) is 10.7. The van der Waals surface area contributed by atoms with E-state index in [-0.39, 0.29) is 11.4 Å². The van der Waals surface area contributed by atoms with Gasteiger partial charge in [-0.3, -0.25) is 4.79 Å². The molecule has 1 N–H and O–H groups in total. The van der Waals surface area contributed by atoms with Gasteiger partial charge in [0.15, 0.2) is 5.78 Å². The third-order valence-corrected chi connectivity index (χ3v) is 4.32. The second-order valence-corrected chi connectivity index (χ2v) is 5.47. The highest BCUT2D eigenvalue weighted by atomic mass is 35.5. The first kappa shape index (κ1) is 12.6. The molecule has 0 aliphatic heterocycles. The fourth-order valence-electron chi connectivity index (χ4n) is 2.65. The molecule has 0 unspecified atom stereocenters. The minimum Gasteiger partial charge on any atom is -0.378 e. The van der Waals surface area contributed by atoms with Gasteiger partial charge < -0.3 is 9.72 Å². The number of nitrogens with zero attached hydrogens (tertiary/aromatic N) is 1. The molecule has 2 aromatic rings. The van der Waals surface area contributed by atoms with Crippen molar-refractivity contribution in [3.63, 3.8) is 0 Å². The molecule has 3 rings (SSSR count). The van der Waals surface area contributed by atoms with E-state index in [4.69, 9.17) is 16.3 Å². The van der Waals surface area contributed by atoms with Gasteiger partial charge in [0.25, 0.3) is 0 Å². The Labute approximate surface area is 116 Å². The van der Waals surface area contributed by atoms with Crippen LogP contribution in [-0.4, -0.2) is 28.5 Å². The molecule has 19 heavy (non-hydrogen) atoms. The number of Topliss-reactive ketones (excluding diaryl/α,β-unsaturated/α-hetero) is 1. The van der Waals surface area contributed by atoms with Crippen molar-refractivity contribution >= 4 is 28.4 Å². The van der Waals surface area contributed by atoms with Gasteiger partial charge >= 0.3 is 0 Å². The maximum Gasteiger partial charge on any atom is 0.168 e. The number of pyridine rings is 1. The zero-order chi connectivity index (χ0) is 13.5. The number of hydrogen-bond acceptors (Lipinski definition) is 3. The summed E-state index contributed by atoms with van der Waals surface area (Å²) in [6.45, 7) is 0. The fourth-order valence-corrected chi connectivity index (χ4v) is 2.90. The minimum absolute atomic E-state index is 0.0581. The molecule has 5 heteroatoms. The van der Waals surface area contributed by atoms with Crippen molar-refractivity contribution in [3.8, 4) is 0 Å². The Morgan fingerprint density at radius 3 is 3.00 bits per heavy atom. The maximum absolute atomic E-state index is 12.5. The second-order valence-electron chi connectivity index (χ2n) is 5.06. The number of aromatic amines is 1. The Balaban J connectivity index is 1.94. The lowest BCUT2D eigenvalue weighted by molar-refractivity contribution is -0.0704. The van der Waals surface area contributed by atoms with Gasteiger partial charge in [0.05, 0.1) is 10.6 Å². The molecule has 0 spiro atoms. The van der Waals surface area contributed by atoms with Gasteiger partial charge in [0.2, 0.25) is 0 Å². The molecular weight excluding hydrogens is 264 g/mol. The number of fused-ring (bicyclic) bond motifs is 1. The summed E-state index contributed by atoms with van der Waals surface area (Å²) in [4.78, 5) is 19.6. The van der Waals surface area contributed by atoms with Gasteiger partial charge in [-0.1, -0.05) is 11.6 Å². The van der Waals surface area contributed by atoms with Crippen LogP contribution < -0.4 is 0 Å². The highest BCUT2D eigenvalue weighted by Crippen LogP contribution is 2.39. The largest absolute Gasteiger partial charge is 0.378 e. The normalized spacial score (nSPS) is 17.4. The fraction of sp³-hybridized carbons (Fsp3) is 0.429. The lowest BCUT2D eigenvalue weighted by atomic mass is 9.76. The number of ketones is 1.